The van der Waals surface area contributed by atoms with Crippen molar-refractivity contribution in [1.29, 1.82) is 0 Å². The Morgan fingerprint density at radius 2 is 2.05 bits per heavy atom. The predicted molar refractivity (Wildman–Crippen MR) is 77.6 cm³/mol. The van der Waals surface area contributed by atoms with Crippen molar-refractivity contribution in [2.45, 2.75) is 25.3 Å². The van der Waals surface area contributed by atoms with Gasteiger partial charge in [-0.15, -0.1) is 0 Å². The molecule has 0 saturated carbocycles. The van der Waals surface area contributed by atoms with E-state index < -0.39 is 15.8 Å². The molecule has 2 rings (SSSR count). The molecule has 1 aromatic carbocycles. The molecule has 0 aliphatic carbocycles. The van der Waals surface area contributed by atoms with Crippen molar-refractivity contribution >= 4 is 10.0 Å². The van der Waals surface area contributed by atoms with Gasteiger partial charge in [-0.1, -0.05) is 5.16 Å². The highest BCUT2D eigenvalue weighted by Gasteiger charge is 2.24. The molecule has 0 aliphatic rings. The Morgan fingerprint density at radius 1 is 1.36 bits per heavy atom. The van der Waals surface area contributed by atoms with E-state index in [-0.39, 0.29) is 17.2 Å². The maximum atomic E-state index is 13.4. The van der Waals surface area contributed by atoms with E-state index >= 15 is 0 Å². The zero-order valence-electron chi connectivity index (χ0n) is 12.8. The molecule has 0 bridgehead atoms. The summed E-state index contributed by atoms with van der Waals surface area (Å²) in [6.45, 7) is 3.58. The molecule has 1 aromatic heterocycles. The van der Waals surface area contributed by atoms with Gasteiger partial charge in [-0.2, -0.15) is 4.31 Å². The van der Waals surface area contributed by atoms with Crippen molar-refractivity contribution < 1.29 is 22.1 Å². The van der Waals surface area contributed by atoms with Crippen LogP contribution in [0.2, 0.25) is 0 Å². The summed E-state index contributed by atoms with van der Waals surface area (Å²) in [6.07, 6.45) is 0. The number of sulfonamides is 1. The number of halogens is 1. The Balaban J connectivity index is 2.34. The molecule has 0 aliphatic heterocycles. The summed E-state index contributed by atoms with van der Waals surface area (Å²) in [5.74, 6) is -0.169. The van der Waals surface area contributed by atoms with Gasteiger partial charge in [-0.05, 0) is 26.0 Å². The van der Waals surface area contributed by atoms with Gasteiger partial charge in [0, 0.05) is 25.2 Å². The van der Waals surface area contributed by atoms with Gasteiger partial charge in [0.1, 0.15) is 5.76 Å². The van der Waals surface area contributed by atoms with E-state index in [1.165, 1.54) is 20.2 Å². The summed E-state index contributed by atoms with van der Waals surface area (Å²) in [5, 5.41) is 3.80. The Kier molecular flexibility index (Phi) is 4.52. The van der Waals surface area contributed by atoms with Crippen LogP contribution in [0.4, 0.5) is 4.39 Å². The lowest BCUT2D eigenvalue weighted by Crippen LogP contribution is -2.27. The zero-order valence-corrected chi connectivity index (χ0v) is 13.6. The minimum atomic E-state index is -3.78. The van der Waals surface area contributed by atoms with Gasteiger partial charge < -0.3 is 9.26 Å². The first-order chi connectivity index (χ1) is 10.3. The third-order valence-corrected chi connectivity index (χ3v) is 5.19. The fourth-order valence-electron chi connectivity index (χ4n) is 2.02. The molecule has 0 atom stereocenters. The first-order valence-corrected chi connectivity index (χ1v) is 7.93. The minimum absolute atomic E-state index is 0.0417. The lowest BCUT2D eigenvalue weighted by molar-refractivity contribution is 0.384. The maximum Gasteiger partial charge on any atom is 0.243 e. The molecule has 22 heavy (non-hydrogen) atoms. The molecule has 0 saturated heterocycles. The molecule has 1 heterocycles. The molecule has 8 heteroatoms. The van der Waals surface area contributed by atoms with Crippen LogP contribution in [0.5, 0.6) is 5.75 Å². The molecule has 0 spiro atoms. The van der Waals surface area contributed by atoms with Crippen LogP contribution in [0.25, 0.3) is 0 Å². The van der Waals surface area contributed by atoms with Gasteiger partial charge in [0.2, 0.25) is 10.0 Å². The lowest BCUT2D eigenvalue weighted by atomic mass is 10.2. The Hall–Kier alpha value is -1.93. The van der Waals surface area contributed by atoms with Gasteiger partial charge in [0.15, 0.2) is 11.6 Å². The normalized spacial score (nSPS) is 11.9. The maximum absolute atomic E-state index is 13.4. The second-order valence-corrected chi connectivity index (χ2v) is 6.91. The topological polar surface area (TPSA) is 72.6 Å². The molecule has 0 N–H and O–H groups in total. The number of hydrogen-bond acceptors (Lipinski definition) is 5. The van der Waals surface area contributed by atoms with Gasteiger partial charge in [-0.3, -0.25) is 0 Å². The number of methoxy groups -OCH3 is 1. The lowest BCUT2D eigenvalue weighted by Gasteiger charge is -2.17. The largest absolute Gasteiger partial charge is 0.494 e. The molecule has 0 radical (unpaired) electrons. The van der Waals surface area contributed by atoms with E-state index in [4.69, 9.17) is 9.26 Å². The number of aryl methyl sites for hydroxylation is 2. The van der Waals surface area contributed by atoms with E-state index in [0.29, 0.717) is 17.0 Å². The predicted octanol–water partition coefficient (Wildman–Crippen LogP) is 2.26. The van der Waals surface area contributed by atoms with Crippen molar-refractivity contribution in [3.63, 3.8) is 0 Å². The smallest absolute Gasteiger partial charge is 0.243 e. The highest BCUT2D eigenvalue weighted by atomic mass is 32.2. The number of hydrogen-bond donors (Lipinski definition) is 0. The monoisotopic (exact) mass is 328 g/mol. The Labute approximate surface area is 128 Å². The fraction of sp³-hybridized carbons (Fsp3) is 0.357. The highest BCUT2D eigenvalue weighted by molar-refractivity contribution is 7.89. The SMILES string of the molecule is COc1cc(S(=O)(=O)N(C)Cc2c(C)noc2C)ccc1F. The van der Waals surface area contributed by atoms with E-state index in [1.54, 1.807) is 13.8 Å². The highest BCUT2D eigenvalue weighted by Crippen LogP contribution is 2.25. The number of ether oxygens (including phenoxy) is 1. The third-order valence-electron chi connectivity index (χ3n) is 3.39. The average Bonchev–Trinajstić information content (AvgIpc) is 2.79. The van der Waals surface area contributed by atoms with Crippen LogP contribution in [0.3, 0.4) is 0 Å². The van der Waals surface area contributed by atoms with Gasteiger partial charge in [0.25, 0.3) is 0 Å². The van der Waals surface area contributed by atoms with Crippen molar-refractivity contribution in [3.05, 3.63) is 41.0 Å². The molecule has 0 amide bonds. The van der Waals surface area contributed by atoms with Gasteiger partial charge >= 0.3 is 0 Å². The zero-order chi connectivity index (χ0) is 16.5. The molecule has 0 unspecified atom stereocenters. The molecule has 120 valence electrons. The Morgan fingerprint density at radius 3 is 2.59 bits per heavy atom. The first kappa shape index (κ1) is 16.4. The van der Waals surface area contributed by atoms with Gasteiger partial charge in [0.05, 0.1) is 17.7 Å². The molecule has 2 aromatic rings. The van der Waals surface area contributed by atoms with Crippen molar-refractivity contribution in [1.82, 2.24) is 9.46 Å². The number of rotatable bonds is 5. The van der Waals surface area contributed by atoms with Crippen LogP contribution >= 0.6 is 0 Å². The second-order valence-electron chi connectivity index (χ2n) is 4.86. The quantitative estimate of drug-likeness (QED) is 0.842. The molecule has 0 fully saturated rings. The number of aromatic nitrogens is 1. The van der Waals surface area contributed by atoms with Crippen LogP contribution < -0.4 is 4.74 Å². The summed E-state index contributed by atoms with van der Waals surface area (Å²) in [7, 11) is -1.06. The molecular formula is C14H17FN2O4S. The van der Waals surface area contributed by atoms with Crippen LogP contribution in [0.15, 0.2) is 27.6 Å². The van der Waals surface area contributed by atoms with Gasteiger partial charge in [-0.25, -0.2) is 12.8 Å². The number of nitrogens with zero attached hydrogens (tertiary/aromatic N) is 2. The third kappa shape index (κ3) is 2.97. The molecular weight excluding hydrogens is 311 g/mol. The Bertz CT molecular complexity index is 767. The van der Waals surface area contributed by atoms with E-state index in [9.17, 15) is 12.8 Å². The van der Waals surface area contributed by atoms with Crippen LogP contribution in [-0.4, -0.2) is 32.0 Å². The first-order valence-electron chi connectivity index (χ1n) is 6.49. The van der Waals surface area contributed by atoms with Crippen LogP contribution in [0.1, 0.15) is 17.0 Å². The average molecular weight is 328 g/mol. The number of benzene rings is 1. The van der Waals surface area contributed by atoms with Crippen LogP contribution in [-0.2, 0) is 16.6 Å². The molecule has 6 nitrogen and oxygen atoms in total. The summed E-state index contributed by atoms with van der Waals surface area (Å²) >= 11 is 0. The minimum Gasteiger partial charge on any atom is -0.494 e. The summed E-state index contributed by atoms with van der Waals surface area (Å²) in [6, 6.07) is 3.43. The summed E-state index contributed by atoms with van der Waals surface area (Å²) in [5.41, 5.74) is 1.34. The summed E-state index contributed by atoms with van der Waals surface area (Å²) < 4.78 is 49.5. The van der Waals surface area contributed by atoms with Crippen molar-refractivity contribution in [2.75, 3.05) is 14.2 Å². The standard InChI is InChI=1S/C14H17FN2O4S/c1-9-12(10(2)21-16-9)8-17(3)22(18,19)11-5-6-13(15)14(7-11)20-4/h5-7H,8H2,1-4H3. The fourth-order valence-corrected chi connectivity index (χ4v) is 3.17. The second kappa shape index (κ2) is 6.05. The van der Waals surface area contributed by atoms with E-state index in [2.05, 4.69) is 5.16 Å². The summed E-state index contributed by atoms with van der Waals surface area (Å²) in [4.78, 5) is -0.0417. The van der Waals surface area contributed by atoms with E-state index in [1.807, 2.05) is 0 Å². The van der Waals surface area contributed by atoms with Crippen molar-refractivity contribution in [2.24, 2.45) is 0 Å². The van der Waals surface area contributed by atoms with E-state index in [0.717, 1.165) is 16.4 Å². The van der Waals surface area contributed by atoms with Crippen LogP contribution in [0, 0.1) is 19.7 Å². The van der Waals surface area contributed by atoms with Crippen molar-refractivity contribution in [3.8, 4) is 5.75 Å².